The van der Waals surface area contributed by atoms with E-state index < -0.39 is 0 Å². The second-order valence-corrected chi connectivity index (χ2v) is 6.33. The van der Waals surface area contributed by atoms with Gasteiger partial charge in [-0.3, -0.25) is 4.79 Å². The lowest BCUT2D eigenvalue weighted by Crippen LogP contribution is -2.39. The Balaban J connectivity index is 1.98. The minimum atomic E-state index is -0.214. The van der Waals surface area contributed by atoms with Crippen molar-refractivity contribution in [2.24, 2.45) is 22.0 Å². The third-order valence-electron chi connectivity index (χ3n) is 5.02. The second-order valence-electron chi connectivity index (χ2n) is 6.33. The molecule has 2 rings (SSSR count). The molecule has 0 aromatic heterocycles. The first kappa shape index (κ1) is 10.9. The third kappa shape index (κ3) is 1.32. The Morgan fingerprint density at radius 3 is 2.00 bits per heavy atom. The van der Waals surface area contributed by atoms with E-state index >= 15 is 0 Å². The highest BCUT2D eigenvalue weighted by Crippen LogP contribution is 2.63. The van der Waals surface area contributed by atoms with Gasteiger partial charge < -0.3 is 11.1 Å². The maximum absolute atomic E-state index is 12.0. The van der Waals surface area contributed by atoms with Crippen molar-refractivity contribution >= 4 is 5.91 Å². The number of carbonyl (C=O) groups is 1. The van der Waals surface area contributed by atoms with E-state index in [2.05, 4.69) is 33.0 Å². The summed E-state index contributed by atoms with van der Waals surface area (Å²) in [6.07, 6.45) is 1.92. The van der Waals surface area contributed by atoms with Gasteiger partial charge in [0.2, 0.25) is 5.91 Å². The van der Waals surface area contributed by atoms with E-state index in [0.29, 0.717) is 12.6 Å². The van der Waals surface area contributed by atoms with Gasteiger partial charge in [0.15, 0.2) is 0 Å². The average molecular weight is 210 g/mol. The molecule has 0 aromatic carbocycles. The first-order chi connectivity index (χ1) is 6.78. The molecule has 86 valence electrons. The Kier molecular flexibility index (Phi) is 2.01. The zero-order chi connectivity index (χ0) is 11.5. The lowest BCUT2D eigenvalue weighted by molar-refractivity contribution is -0.126. The zero-order valence-corrected chi connectivity index (χ0v) is 10.2. The Hall–Kier alpha value is -0.570. The largest absolute Gasteiger partial charge is 0.352 e. The molecule has 3 N–H and O–H groups in total. The first-order valence-electron chi connectivity index (χ1n) is 5.79. The van der Waals surface area contributed by atoms with Crippen LogP contribution in [0.25, 0.3) is 0 Å². The number of nitrogens with two attached hydrogens (primary N) is 1. The molecule has 0 aromatic rings. The molecule has 0 radical (unpaired) electrons. The van der Waals surface area contributed by atoms with Crippen LogP contribution >= 0.6 is 0 Å². The van der Waals surface area contributed by atoms with Gasteiger partial charge in [0, 0.05) is 12.6 Å². The molecule has 0 heterocycles. The molecule has 2 fully saturated rings. The van der Waals surface area contributed by atoms with Gasteiger partial charge in [-0.15, -0.1) is 0 Å². The minimum Gasteiger partial charge on any atom is -0.352 e. The standard InChI is InChI=1S/C12H22N2O/c1-10(2)8(11(10,3)4)14-9(15)12(7-13)5-6-12/h8H,5-7,13H2,1-4H3,(H,14,15). The molecule has 0 bridgehead atoms. The summed E-state index contributed by atoms with van der Waals surface area (Å²) in [5.41, 5.74) is 5.86. The number of rotatable bonds is 3. The summed E-state index contributed by atoms with van der Waals surface area (Å²) < 4.78 is 0. The van der Waals surface area contributed by atoms with Crippen LogP contribution in [0, 0.1) is 16.2 Å². The molecule has 2 saturated carbocycles. The number of nitrogens with one attached hydrogen (secondary N) is 1. The summed E-state index contributed by atoms with van der Waals surface area (Å²) in [5.74, 6) is 0.175. The number of amides is 1. The average Bonchev–Trinajstić information content (AvgIpc) is 3.00. The van der Waals surface area contributed by atoms with Crippen molar-refractivity contribution in [2.45, 2.75) is 46.6 Å². The van der Waals surface area contributed by atoms with Crippen molar-refractivity contribution in [3.05, 3.63) is 0 Å². The maximum atomic E-state index is 12.0. The van der Waals surface area contributed by atoms with Crippen LogP contribution in [0.4, 0.5) is 0 Å². The normalized spacial score (nSPS) is 29.7. The molecule has 2 aliphatic carbocycles. The van der Waals surface area contributed by atoms with E-state index in [-0.39, 0.29) is 22.2 Å². The van der Waals surface area contributed by atoms with Crippen molar-refractivity contribution in [1.29, 1.82) is 0 Å². The van der Waals surface area contributed by atoms with E-state index in [0.717, 1.165) is 12.8 Å². The van der Waals surface area contributed by atoms with Crippen LogP contribution in [0.5, 0.6) is 0 Å². The molecule has 0 saturated heterocycles. The molecule has 1 amide bonds. The molecular weight excluding hydrogens is 188 g/mol. The third-order valence-corrected chi connectivity index (χ3v) is 5.02. The fraction of sp³-hybridized carbons (Fsp3) is 0.917. The van der Waals surface area contributed by atoms with Crippen molar-refractivity contribution in [3.63, 3.8) is 0 Å². The van der Waals surface area contributed by atoms with Crippen LogP contribution in [-0.2, 0) is 4.79 Å². The quantitative estimate of drug-likeness (QED) is 0.737. The van der Waals surface area contributed by atoms with E-state index in [1.165, 1.54) is 0 Å². The van der Waals surface area contributed by atoms with Gasteiger partial charge in [-0.25, -0.2) is 0 Å². The van der Waals surface area contributed by atoms with Crippen LogP contribution in [0.1, 0.15) is 40.5 Å². The number of carbonyl (C=O) groups excluding carboxylic acids is 1. The van der Waals surface area contributed by atoms with Gasteiger partial charge in [-0.05, 0) is 23.7 Å². The van der Waals surface area contributed by atoms with E-state index in [9.17, 15) is 4.79 Å². The van der Waals surface area contributed by atoms with Crippen LogP contribution in [-0.4, -0.2) is 18.5 Å². The summed E-state index contributed by atoms with van der Waals surface area (Å²) in [6.45, 7) is 9.33. The fourth-order valence-electron chi connectivity index (χ4n) is 2.52. The lowest BCUT2D eigenvalue weighted by Gasteiger charge is -2.14. The summed E-state index contributed by atoms with van der Waals surface area (Å²) in [7, 11) is 0. The van der Waals surface area contributed by atoms with E-state index in [1.807, 2.05) is 0 Å². The van der Waals surface area contributed by atoms with Gasteiger partial charge in [-0.1, -0.05) is 27.7 Å². The molecule has 0 spiro atoms. The van der Waals surface area contributed by atoms with Crippen LogP contribution in [0.15, 0.2) is 0 Å². The molecule has 2 aliphatic rings. The molecule has 15 heavy (non-hydrogen) atoms. The van der Waals surface area contributed by atoms with Gasteiger partial charge in [0.25, 0.3) is 0 Å². The predicted molar refractivity (Wildman–Crippen MR) is 60.2 cm³/mol. The topological polar surface area (TPSA) is 55.1 Å². The highest BCUT2D eigenvalue weighted by atomic mass is 16.2. The number of hydrogen-bond acceptors (Lipinski definition) is 2. The summed E-state index contributed by atoms with van der Waals surface area (Å²) in [4.78, 5) is 12.0. The highest BCUT2D eigenvalue weighted by Gasteiger charge is 2.66. The summed E-state index contributed by atoms with van der Waals surface area (Å²) in [6, 6.07) is 0.307. The minimum absolute atomic E-state index is 0.175. The molecule has 0 aliphatic heterocycles. The van der Waals surface area contributed by atoms with Crippen molar-refractivity contribution in [1.82, 2.24) is 5.32 Å². The van der Waals surface area contributed by atoms with Crippen molar-refractivity contribution in [3.8, 4) is 0 Å². The Labute approximate surface area is 91.8 Å². The molecule has 0 unspecified atom stereocenters. The zero-order valence-electron chi connectivity index (χ0n) is 10.2. The lowest BCUT2D eigenvalue weighted by atomic mass is 10.0. The van der Waals surface area contributed by atoms with Crippen LogP contribution in [0.3, 0.4) is 0 Å². The predicted octanol–water partition coefficient (Wildman–Crippen LogP) is 1.28. The molecule has 3 nitrogen and oxygen atoms in total. The van der Waals surface area contributed by atoms with Crippen molar-refractivity contribution in [2.75, 3.05) is 6.54 Å². The van der Waals surface area contributed by atoms with Crippen molar-refractivity contribution < 1.29 is 4.79 Å². The van der Waals surface area contributed by atoms with Crippen LogP contribution < -0.4 is 11.1 Å². The summed E-state index contributed by atoms with van der Waals surface area (Å²) >= 11 is 0. The molecule has 3 heteroatoms. The second kappa shape index (κ2) is 2.76. The van der Waals surface area contributed by atoms with Gasteiger partial charge in [0.05, 0.1) is 5.41 Å². The Morgan fingerprint density at radius 1 is 1.27 bits per heavy atom. The SMILES string of the molecule is CC1(C)C(NC(=O)C2(CN)CC2)C1(C)C. The Morgan fingerprint density at radius 2 is 1.73 bits per heavy atom. The smallest absolute Gasteiger partial charge is 0.227 e. The van der Waals surface area contributed by atoms with Crippen LogP contribution in [0.2, 0.25) is 0 Å². The van der Waals surface area contributed by atoms with Gasteiger partial charge >= 0.3 is 0 Å². The Bertz CT molecular complexity index is 289. The fourth-order valence-corrected chi connectivity index (χ4v) is 2.52. The molecule has 0 atom stereocenters. The van der Waals surface area contributed by atoms with E-state index in [1.54, 1.807) is 0 Å². The monoisotopic (exact) mass is 210 g/mol. The number of hydrogen-bond donors (Lipinski definition) is 2. The maximum Gasteiger partial charge on any atom is 0.227 e. The first-order valence-corrected chi connectivity index (χ1v) is 5.79. The summed E-state index contributed by atoms with van der Waals surface area (Å²) in [5, 5.41) is 3.17. The van der Waals surface area contributed by atoms with Gasteiger partial charge in [0.1, 0.15) is 0 Å². The van der Waals surface area contributed by atoms with E-state index in [4.69, 9.17) is 5.73 Å². The van der Waals surface area contributed by atoms with Gasteiger partial charge in [-0.2, -0.15) is 0 Å². The highest BCUT2D eigenvalue weighted by molar-refractivity contribution is 5.86. The molecular formula is C12H22N2O.